The Kier molecular flexibility index (Phi) is 4.31. The number of fused-ring (bicyclic) bond motifs is 1. The van der Waals surface area contributed by atoms with Gasteiger partial charge in [-0.2, -0.15) is 5.10 Å². The molecule has 0 unspecified atom stereocenters. The van der Waals surface area contributed by atoms with E-state index in [0.717, 1.165) is 52.6 Å². The van der Waals surface area contributed by atoms with E-state index >= 15 is 0 Å². The summed E-state index contributed by atoms with van der Waals surface area (Å²) < 4.78 is 7.39. The van der Waals surface area contributed by atoms with Gasteiger partial charge in [0.1, 0.15) is 23.1 Å². The van der Waals surface area contributed by atoms with Crippen molar-refractivity contribution in [2.24, 2.45) is 0 Å². The van der Waals surface area contributed by atoms with Crippen LogP contribution in [0.5, 0.6) is 5.75 Å². The van der Waals surface area contributed by atoms with Crippen LogP contribution in [-0.2, 0) is 0 Å². The number of nitrogen functional groups attached to an aromatic ring is 1. The van der Waals surface area contributed by atoms with Gasteiger partial charge in [-0.05, 0) is 66.9 Å². The van der Waals surface area contributed by atoms with Gasteiger partial charge in [0.2, 0.25) is 0 Å². The van der Waals surface area contributed by atoms with Gasteiger partial charge in [-0.1, -0.05) is 6.07 Å². The average molecular weight is 385 g/mol. The smallest absolute Gasteiger partial charge is 0.130 e. The van der Waals surface area contributed by atoms with Crippen LogP contribution in [0, 0.1) is 0 Å². The summed E-state index contributed by atoms with van der Waals surface area (Å²) in [4.78, 5) is 6.57. The number of aromatic nitrogens is 3. The molecule has 0 aliphatic carbocycles. The largest absolute Gasteiger partial charge is 0.497 e. The number of anilines is 2. The molecule has 0 atom stereocenters. The summed E-state index contributed by atoms with van der Waals surface area (Å²) in [7, 11) is 1.67. The lowest BCUT2D eigenvalue weighted by atomic mass is 10.0. The summed E-state index contributed by atoms with van der Waals surface area (Å²) in [6, 6.07) is 18.3. The summed E-state index contributed by atoms with van der Waals surface area (Å²) in [5, 5.41) is 5.06. The van der Waals surface area contributed by atoms with E-state index in [1.54, 1.807) is 13.3 Å². The Labute approximate surface area is 169 Å². The summed E-state index contributed by atoms with van der Waals surface area (Å²) in [6.45, 7) is 2.13. The lowest BCUT2D eigenvalue weighted by Gasteiger charge is -2.18. The van der Waals surface area contributed by atoms with E-state index in [9.17, 15) is 0 Å². The number of nitrogens with two attached hydrogens (primary N) is 1. The van der Waals surface area contributed by atoms with E-state index in [1.807, 2.05) is 36.4 Å². The summed E-state index contributed by atoms with van der Waals surface area (Å²) in [5.41, 5.74) is 11.1. The van der Waals surface area contributed by atoms with Gasteiger partial charge in [0, 0.05) is 30.4 Å². The fourth-order valence-electron chi connectivity index (χ4n) is 4.08. The van der Waals surface area contributed by atoms with E-state index in [1.165, 1.54) is 12.8 Å². The zero-order valence-corrected chi connectivity index (χ0v) is 16.4. The van der Waals surface area contributed by atoms with Crippen molar-refractivity contribution < 1.29 is 4.74 Å². The van der Waals surface area contributed by atoms with Crippen molar-refractivity contribution >= 4 is 17.2 Å². The lowest BCUT2D eigenvalue weighted by Crippen LogP contribution is -2.20. The molecule has 4 heterocycles. The number of pyridine rings is 2. The maximum Gasteiger partial charge on any atom is 0.130 e. The molecule has 1 aromatic carbocycles. The van der Waals surface area contributed by atoms with Gasteiger partial charge in [-0.3, -0.25) is 0 Å². The Balaban J connectivity index is 1.77. The van der Waals surface area contributed by atoms with Crippen LogP contribution in [0.2, 0.25) is 0 Å². The van der Waals surface area contributed by atoms with Gasteiger partial charge in [-0.15, -0.1) is 0 Å². The lowest BCUT2D eigenvalue weighted by molar-refractivity contribution is 0.415. The fourth-order valence-corrected chi connectivity index (χ4v) is 4.08. The number of nitrogens with zero attached hydrogens (tertiary/aromatic N) is 4. The van der Waals surface area contributed by atoms with Crippen LogP contribution in [0.25, 0.3) is 27.9 Å². The van der Waals surface area contributed by atoms with Gasteiger partial charge in [0.05, 0.1) is 12.6 Å². The maximum absolute atomic E-state index is 6.00. The molecule has 3 aromatic heterocycles. The van der Waals surface area contributed by atoms with Crippen molar-refractivity contribution in [1.29, 1.82) is 0 Å². The van der Waals surface area contributed by atoms with Crippen LogP contribution >= 0.6 is 0 Å². The van der Waals surface area contributed by atoms with Crippen LogP contribution < -0.4 is 15.4 Å². The number of hydrogen-bond donors (Lipinski definition) is 1. The first-order chi connectivity index (χ1) is 14.2. The molecule has 0 bridgehead atoms. The van der Waals surface area contributed by atoms with Crippen molar-refractivity contribution in [3.63, 3.8) is 0 Å². The van der Waals surface area contributed by atoms with Crippen LogP contribution in [0.15, 0.2) is 60.8 Å². The quantitative estimate of drug-likeness (QED) is 0.569. The molecule has 0 amide bonds. The second-order valence-corrected chi connectivity index (χ2v) is 7.30. The predicted octanol–water partition coefficient (Wildman–Crippen LogP) is 4.25. The molecule has 5 rings (SSSR count). The minimum absolute atomic E-state index is 0.498. The zero-order chi connectivity index (χ0) is 19.8. The molecule has 0 radical (unpaired) electrons. The Morgan fingerprint density at radius 3 is 2.48 bits per heavy atom. The second-order valence-electron chi connectivity index (χ2n) is 7.30. The fraction of sp³-hybridized carbons (Fsp3) is 0.217. The van der Waals surface area contributed by atoms with Gasteiger partial charge in [0.25, 0.3) is 0 Å². The summed E-state index contributed by atoms with van der Waals surface area (Å²) >= 11 is 0. The van der Waals surface area contributed by atoms with Crippen molar-refractivity contribution in [1.82, 2.24) is 14.6 Å². The summed E-state index contributed by atoms with van der Waals surface area (Å²) in [5.74, 6) is 2.45. The minimum atomic E-state index is 0.498. The Hall–Kier alpha value is -3.54. The first kappa shape index (κ1) is 17.6. The monoisotopic (exact) mass is 385 g/mol. The number of benzene rings is 1. The minimum Gasteiger partial charge on any atom is -0.497 e. The molecular weight excluding hydrogens is 362 g/mol. The number of hydrogen-bond acceptors (Lipinski definition) is 5. The Bertz CT molecular complexity index is 1160. The van der Waals surface area contributed by atoms with Crippen LogP contribution in [0.4, 0.5) is 11.6 Å². The molecule has 0 saturated carbocycles. The van der Waals surface area contributed by atoms with Gasteiger partial charge in [-0.25, -0.2) is 9.50 Å². The van der Waals surface area contributed by atoms with Crippen LogP contribution in [0.1, 0.15) is 12.8 Å². The predicted molar refractivity (Wildman–Crippen MR) is 116 cm³/mol. The van der Waals surface area contributed by atoms with E-state index in [-0.39, 0.29) is 0 Å². The number of rotatable bonds is 4. The third-order valence-corrected chi connectivity index (χ3v) is 5.50. The van der Waals surface area contributed by atoms with E-state index in [0.29, 0.717) is 5.82 Å². The SMILES string of the molecule is COc1ccc(-c2nn3c(N4CCCC4)cccc3c2-c2ccnc(N)c2)cc1. The molecule has 1 fully saturated rings. The molecule has 1 aliphatic heterocycles. The molecule has 6 nitrogen and oxygen atoms in total. The summed E-state index contributed by atoms with van der Waals surface area (Å²) in [6.07, 6.45) is 4.18. The molecular formula is C23H23N5O. The second kappa shape index (κ2) is 7.13. The molecule has 1 aliphatic rings. The average Bonchev–Trinajstić information content (AvgIpc) is 3.41. The Morgan fingerprint density at radius 1 is 0.966 bits per heavy atom. The van der Waals surface area contributed by atoms with E-state index < -0.39 is 0 Å². The standard InChI is InChI=1S/C23H23N5O/c1-29-18-9-7-16(8-10-18)23-22(17-11-12-25-20(24)15-17)19-5-4-6-21(28(19)26-23)27-13-2-3-14-27/h4-12,15H,2-3,13-14H2,1H3,(H2,24,25). The zero-order valence-electron chi connectivity index (χ0n) is 16.4. The molecule has 4 aromatic rings. The van der Waals surface area contributed by atoms with Crippen molar-refractivity contribution in [2.45, 2.75) is 12.8 Å². The molecule has 6 heteroatoms. The number of ether oxygens (including phenoxy) is 1. The molecule has 1 saturated heterocycles. The Morgan fingerprint density at radius 2 is 1.76 bits per heavy atom. The third kappa shape index (κ3) is 3.06. The van der Waals surface area contributed by atoms with E-state index in [2.05, 4.69) is 32.6 Å². The topological polar surface area (TPSA) is 68.7 Å². The van der Waals surface area contributed by atoms with E-state index in [4.69, 9.17) is 15.6 Å². The maximum atomic E-state index is 6.00. The highest BCUT2D eigenvalue weighted by molar-refractivity contribution is 5.93. The molecule has 2 N–H and O–H groups in total. The van der Waals surface area contributed by atoms with Gasteiger partial charge < -0.3 is 15.4 Å². The number of methoxy groups -OCH3 is 1. The first-order valence-corrected chi connectivity index (χ1v) is 9.87. The van der Waals surface area contributed by atoms with Crippen molar-refractivity contribution in [3.05, 3.63) is 60.8 Å². The highest BCUT2D eigenvalue weighted by atomic mass is 16.5. The van der Waals surface area contributed by atoms with Crippen LogP contribution in [-0.4, -0.2) is 34.8 Å². The van der Waals surface area contributed by atoms with Gasteiger partial charge in [0.15, 0.2) is 0 Å². The molecule has 29 heavy (non-hydrogen) atoms. The van der Waals surface area contributed by atoms with Crippen molar-refractivity contribution in [3.8, 4) is 28.1 Å². The van der Waals surface area contributed by atoms with Crippen molar-refractivity contribution in [2.75, 3.05) is 30.8 Å². The molecule has 146 valence electrons. The normalized spacial score (nSPS) is 13.9. The van der Waals surface area contributed by atoms with Crippen LogP contribution in [0.3, 0.4) is 0 Å². The van der Waals surface area contributed by atoms with Gasteiger partial charge >= 0.3 is 0 Å². The highest BCUT2D eigenvalue weighted by Crippen LogP contribution is 2.38. The first-order valence-electron chi connectivity index (χ1n) is 9.87. The highest BCUT2D eigenvalue weighted by Gasteiger charge is 2.21. The third-order valence-electron chi connectivity index (χ3n) is 5.50. The molecule has 0 spiro atoms.